The van der Waals surface area contributed by atoms with Crippen molar-refractivity contribution in [3.63, 3.8) is 0 Å². The summed E-state index contributed by atoms with van der Waals surface area (Å²) < 4.78 is 51.3. The Hall–Kier alpha value is -4.89. The van der Waals surface area contributed by atoms with Crippen molar-refractivity contribution in [3.8, 4) is 5.75 Å². The summed E-state index contributed by atoms with van der Waals surface area (Å²) in [5, 5.41) is 1.99. The Kier molecular flexibility index (Phi) is 8.68. The van der Waals surface area contributed by atoms with Crippen molar-refractivity contribution < 1.29 is 41.8 Å². The number of para-hydroxylation sites is 1. The lowest BCUT2D eigenvalue weighted by Crippen LogP contribution is -2.32. The van der Waals surface area contributed by atoms with Crippen LogP contribution in [0.4, 0.5) is 24.5 Å². The van der Waals surface area contributed by atoms with Crippen LogP contribution in [0.2, 0.25) is 0 Å². The molecular weight excluding hydrogens is 659 g/mol. The third-order valence-electron chi connectivity index (χ3n) is 7.55. The number of carbonyl (C=O) groups is 4. The molecule has 15 heteroatoms. The summed E-state index contributed by atoms with van der Waals surface area (Å²) in [4.78, 5) is 68.3. The molecule has 2 aliphatic heterocycles. The van der Waals surface area contributed by atoms with Gasteiger partial charge >= 0.3 is 17.0 Å². The quantitative estimate of drug-likeness (QED) is 0.185. The Morgan fingerprint density at radius 3 is 2.45 bits per heavy atom. The number of anilines is 2. The zero-order chi connectivity index (χ0) is 33.5. The number of H-pyrrole nitrogens is 1. The summed E-state index contributed by atoms with van der Waals surface area (Å²) in [6.45, 7) is 1.46. The monoisotopic (exact) mass is 683 g/mol. The molecule has 6 rings (SSSR count). The number of thiazole rings is 1. The normalized spacial score (nSPS) is 18.8. The van der Waals surface area contributed by atoms with Gasteiger partial charge in [-0.15, -0.1) is 0 Å². The second-order valence-electron chi connectivity index (χ2n) is 10.5. The average molecular weight is 684 g/mol. The van der Waals surface area contributed by atoms with Gasteiger partial charge in [0.2, 0.25) is 11.8 Å². The maximum Gasteiger partial charge on any atom is 0.416 e. The van der Waals surface area contributed by atoms with Crippen LogP contribution in [-0.4, -0.2) is 47.1 Å². The highest BCUT2D eigenvalue weighted by atomic mass is 32.2. The van der Waals surface area contributed by atoms with Crippen molar-refractivity contribution in [2.24, 2.45) is 5.92 Å². The van der Waals surface area contributed by atoms with Crippen molar-refractivity contribution in [3.05, 3.63) is 104 Å². The number of ether oxygens (including phenoxy) is 2. The van der Waals surface area contributed by atoms with E-state index < -0.39 is 64.0 Å². The van der Waals surface area contributed by atoms with Crippen molar-refractivity contribution in [1.82, 2.24) is 4.98 Å². The van der Waals surface area contributed by atoms with Gasteiger partial charge in [-0.05, 0) is 55.5 Å². The maximum atomic E-state index is 14.0. The van der Waals surface area contributed by atoms with Crippen LogP contribution in [0.15, 0.2) is 82.6 Å². The number of hydrogen-bond donors (Lipinski definition) is 2. The number of hydrogen-bond acceptors (Lipinski definition) is 9. The third-order valence-corrected chi connectivity index (χ3v) is 9.95. The van der Waals surface area contributed by atoms with E-state index in [4.69, 9.17) is 9.47 Å². The van der Waals surface area contributed by atoms with E-state index in [1.54, 1.807) is 31.2 Å². The fourth-order valence-electron chi connectivity index (χ4n) is 5.54. The molecule has 1 aromatic heterocycles. The van der Waals surface area contributed by atoms with Crippen LogP contribution in [0.1, 0.15) is 39.2 Å². The van der Waals surface area contributed by atoms with Gasteiger partial charge in [-0.2, -0.15) is 13.2 Å². The molecule has 0 aliphatic carbocycles. The van der Waals surface area contributed by atoms with Crippen LogP contribution in [-0.2, 0) is 25.3 Å². The predicted molar refractivity (Wildman–Crippen MR) is 167 cm³/mol. The van der Waals surface area contributed by atoms with E-state index in [9.17, 15) is 37.1 Å². The van der Waals surface area contributed by atoms with Crippen molar-refractivity contribution >= 4 is 58.2 Å². The highest BCUT2D eigenvalue weighted by molar-refractivity contribution is 8.00. The average Bonchev–Trinajstić information content (AvgIpc) is 3.54. The van der Waals surface area contributed by atoms with Crippen LogP contribution >= 0.6 is 23.1 Å². The standard InChI is InChI=1S/C32H24F3N3O7S2/c1-2-44-30(42)16-10-12-18(13-11-16)36-22(39)15-45-21-9-4-3-8-20(21)23-24-26(46-27-25(23)47-31(43)37-27)29(41)38(28(24)40)19-7-5-6-17(14-19)32(33,34)35/h3-14,23-24,26H,2,15H2,1H3,(H,36,39)(H,37,43)/t23-,24?,26?/m1/s1. The number of carbonyl (C=O) groups excluding carboxylic acids is 4. The number of alkyl halides is 3. The minimum Gasteiger partial charge on any atom is -0.483 e. The highest BCUT2D eigenvalue weighted by Crippen LogP contribution is 2.54. The lowest BCUT2D eigenvalue weighted by molar-refractivity contribution is -0.137. The molecule has 3 amide bonds. The molecule has 3 aromatic carbocycles. The fourth-order valence-corrected chi connectivity index (χ4v) is 8.05. The van der Waals surface area contributed by atoms with Gasteiger partial charge < -0.3 is 19.8 Å². The molecule has 2 N–H and O–H groups in total. The topological polar surface area (TPSA) is 135 Å². The molecule has 3 atom stereocenters. The predicted octanol–water partition coefficient (Wildman–Crippen LogP) is 5.45. The Labute approximate surface area is 272 Å². The van der Waals surface area contributed by atoms with Crippen molar-refractivity contribution in [1.29, 1.82) is 0 Å². The van der Waals surface area contributed by atoms with E-state index >= 15 is 0 Å². The zero-order valence-electron chi connectivity index (χ0n) is 24.3. The Morgan fingerprint density at radius 1 is 0.979 bits per heavy atom. The number of benzene rings is 3. The van der Waals surface area contributed by atoms with Gasteiger partial charge in [0.15, 0.2) is 6.61 Å². The highest BCUT2D eigenvalue weighted by Gasteiger charge is 2.57. The fraction of sp³-hybridized carbons (Fsp3) is 0.219. The molecule has 242 valence electrons. The summed E-state index contributed by atoms with van der Waals surface area (Å²) in [5.41, 5.74) is -0.0875. The number of rotatable bonds is 8. The smallest absolute Gasteiger partial charge is 0.416 e. The number of halogens is 3. The van der Waals surface area contributed by atoms with Crippen LogP contribution < -0.4 is 19.8 Å². The lowest BCUT2D eigenvalue weighted by Gasteiger charge is -2.30. The van der Waals surface area contributed by atoms with Gasteiger partial charge in [-0.1, -0.05) is 47.4 Å². The van der Waals surface area contributed by atoms with Gasteiger partial charge in [0.1, 0.15) is 11.0 Å². The first-order valence-corrected chi connectivity index (χ1v) is 15.9. The number of amides is 3. The zero-order valence-corrected chi connectivity index (χ0v) is 26.0. The van der Waals surface area contributed by atoms with Gasteiger partial charge in [0, 0.05) is 22.0 Å². The number of thioether (sulfide) groups is 1. The molecule has 47 heavy (non-hydrogen) atoms. The molecule has 3 heterocycles. The van der Waals surface area contributed by atoms with Crippen LogP contribution in [0, 0.1) is 5.92 Å². The maximum absolute atomic E-state index is 14.0. The van der Waals surface area contributed by atoms with E-state index in [0.29, 0.717) is 26.7 Å². The number of imide groups is 1. The van der Waals surface area contributed by atoms with E-state index in [0.717, 1.165) is 46.2 Å². The van der Waals surface area contributed by atoms with E-state index in [2.05, 4.69) is 10.3 Å². The molecule has 0 spiro atoms. The number of nitrogens with zero attached hydrogens (tertiary/aromatic N) is 1. The molecular formula is C32H24F3N3O7S2. The molecule has 0 bridgehead atoms. The first kappa shape index (κ1) is 32.1. The molecule has 0 saturated carbocycles. The Balaban J connectivity index is 1.28. The third kappa shape index (κ3) is 6.27. The van der Waals surface area contributed by atoms with Crippen LogP contribution in [0.5, 0.6) is 5.75 Å². The Bertz CT molecular complexity index is 1940. The molecule has 4 aromatic rings. The van der Waals surface area contributed by atoms with Crippen molar-refractivity contribution in [2.75, 3.05) is 23.4 Å². The van der Waals surface area contributed by atoms with E-state index in [1.165, 1.54) is 30.3 Å². The largest absolute Gasteiger partial charge is 0.483 e. The summed E-state index contributed by atoms with van der Waals surface area (Å²) >= 11 is 1.84. The summed E-state index contributed by atoms with van der Waals surface area (Å²) in [6.07, 6.45) is -4.69. The van der Waals surface area contributed by atoms with Gasteiger partial charge in [-0.3, -0.25) is 19.2 Å². The summed E-state index contributed by atoms with van der Waals surface area (Å²) in [6, 6.07) is 16.6. The number of fused-ring (bicyclic) bond motifs is 2. The number of esters is 1. The number of aromatic nitrogens is 1. The minimum atomic E-state index is -4.69. The second kappa shape index (κ2) is 12.7. The Morgan fingerprint density at radius 2 is 1.72 bits per heavy atom. The van der Waals surface area contributed by atoms with Gasteiger partial charge in [-0.25, -0.2) is 9.69 Å². The van der Waals surface area contributed by atoms with E-state index in [1.807, 2.05) is 0 Å². The van der Waals surface area contributed by atoms with Crippen LogP contribution in [0.25, 0.3) is 0 Å². The minimum absolute atomic E-state index is 0.209. The second-order valence-corrected chi connectivity index (χ2v) is 12.6. The molecule has 0 radical (unpaired) electrons. The van der Waals surface area contributed by atoms with E-state index in [-0.39, 0.29) is 18.0 Å². The molecule has 2 aliphatic rings. The SMILES string of the molecule is CCOC(=O)c1ccc(NC(=O)COc2ccccc2[C@H]2c3sc(=O)[nH]c3SC3C(=O)N(c4cccc(C(F)(F)F)c4)C(=O)C32)cc1. The van der Waals surface area contributed by atoms with Crippen LogP contribution in [0.3, 0.4) is 0 Å². The molecule has 2 unspecified atom stereocenters. The molecule has 10 nitrogen and oxygen atoms in total. The molecule has 1 saturated heterocycles. The summed E-state index contributed by atoms with van der Waals surface area (Å²) in [5.74, 6) is -4.22. The first-order valence-electron chi connectivity index (χ1n) is 14.2. The number of nitrogens with one attached hydrogen (secondary N) is 2. The summed E-state index contributed by atoms with van der Waals surface area (Å²) in [7, 11) is 0. The first-order chi connectivity index (χ1) is 22.5. The lowest BCUT2D eigenvalue weighted by atomic mass is 9.82. The van der Waals surface area contributed by atoms with Gasteiger partial charge in [0.05, 0.1) is 34.4 Å². The molecule has 1 fully saturated rings. The number of aromatic amines is 1. The van der Waals surface area contributed by atoms with Crippen molar-refractivity contribution in [2.45, 2.75) is 29.3 Å². The van der Waals surface area contributed by atoms with Gasteiger partial charge in [0.25, 0.3) is 5.91 Å².